The predicted molar refractivity (Wildman–Crippen MR) is 216 cm³/mol. The van der Waals surface area contributed by atoms with Crippen LogP contribution in [0.1, 0.15) is 69.6 Å². The molecule has 0 saturated carbocycles. The highest BCUT2D eigenvalue weighted by atomic mass is 35.5. The Hall–Kier alpha value is -5.33. The molecule has 11 nitrogen and oxygen atoms in total. The Kier molecular flexibility index (Phi) is 12.6. The van der Waals surface area contributed by atoms with Gasteiger partial charge in [0.15, 0.2) is 0 Å². The fourth-order valence-corrected chi connectivity index (χ4v) is 7.76. The minimum atomic E-state index is -0.776. The van der Waals surface area contributed by atoms with E-state index in [-0.39, 0.29) is 35.7 Å². The van der Waals surface area contributed by atoms with Crippen molar-refractivity contribution in [2.75, 3.05) is 44.6 Å². The van der Waals surface area contributed by atoms with Gasteiger partial charge in [0.1, 0.15) is 24.2 Å². The molecular weight excluding hydrogens is 732 g/mol. The summed E-state index contributed by atoms with van der Waals surface area (Å²) in [5.74, 6) is 0.607. The average molecular weight is 779 g/mol. The van der Waals surface area contributed by atoms with Gasteiger partial charge in [0.05, 0.1) is 35.0 Å². The smallest absolute Gasteiger partial charge is 0.408 e. The number of unbranched alkanes of at least 4 members (excludes halogenated alkanes) is 1. The molecule has 4 aromatic carbocycles. The summed E-state index contributed by atoms with van der Waals surface area (Å²) < 4.78 is 17.5. The highest BCUT2D eigenvalue weighted by molar-refractivity contribution is 6.33. The predicted octanol–water partition coefficient (Wildman–Crippen LogP) is 7.36. The van der Waals surface area contributed by atoms with Crippen molar-refractivity contribution >= 4 is 35.4 Å². The van der Waals surface area contributed by atoms with Crippen LogP contribution in [-0.2, 0) is 16.1 Å². The molecule has 3 aliphatic heterocycles. The number of carbonyl (C=O) groups excluding carboxylic acids is 2. The number of fused-ring (bicyclic) bond motifs is 3. The summed E-state index contributed by atoms with van der Waals surface area (Å²) in [6.45, 7) is 8.09. The molecule has 0 spiro atoms. The highest BCUT2D eigenvalue weighted by Crippen LogP contribution is 2.37. The molecule has 5 atom stereocenters. The summed E-state index contributed by atoms with van der Waals surface area (Å²) in [5.41, 5.74) is 5.45. The number of allylic oxidation sites excluding steroid dienone is 1. The van der Waals surface area contributed by atoms with E-state index >= 15 is 0 Å². The van der Waals surface area contributed by atoms with Crippen LogP contribution >= 0.6 is 11.6 Å². The lowest BCUT2D eigenvalue weighted by Gasteiger charge is -2.25. The van der Waals surface area contributed by atoms with Gasteiger partial charge in [0.2, 0.25) is 0 Å². The van der Waals surface area contributed by atoms with Gasteiger partial charge in [0, 0.05) is 36.8 Å². The number of nitrogens with zero attached hydrogens (tertiary/aromatic N) is 1. The van der Waals surface area contributed by atoms with Gasteiger partial charge in [-0.1, -0.05) is 78.9 Å². The zero-order valence-corrected chi connectivity index (χ0v) is 31.8. The van der Waals surface area contributed by atoms with Gasteiger partial charge in [-0.3, -0.25) is 4.90 Å². The maximum Gasteiger partial charge on any atom is 0.408 e. The number of alkyl carbamates (subject to hydrolysis) is 1. The van der Waals surface area contributed by atoms with Gasteiger partial charge in [-0.15, -0.1) is 0 Å². The molecule has 7 rings (SSSR count). The fourth-order valence-electron chi connectivity index (χ4n) is 7.48. The first-order valence-corrected chi connectivity index (χ1v) is 19.4. The molecule has 3 aliphatic rings. The van der Waals surface area contributed by atoms with E-state index in [1.165, 1.54) is 0 Å². The maximum atomic E-state index is 13.1. The van der Waals surface area contributed by atoms with Crippen molar-refractivity contribution in [1.82, 2.24) is 15.5 Å². The Balaban J connectivity index is 0.855. The Labute approximate surface area is 331 Å². The fraction of sp³-hybridized carbons (Fsp3) is 0.318. The zero-order chi connectivity index (χ0) is 39.0. The van der Waals surface area contributed by atoms with Crippen LogP contribution in [0, 0.1) is 5.92 Å². The number of anilines is 1. The summed E-state index contributed by atoms with van der Waals surface area (Å²) in [5, 5.41) is 30.6. The van der Waals surface area contributed by atoms with E-state index in [2.05, 4.69) is 27.4 Å². The second kappa shape index (κ2) is 18.1. The number of piperidine rings is 1. The molecule has 2 saturated heterocycles. The van der Waals surface area contributed by atoms with Gasteiger partial charge in [-0.2, -0.15) is 0 Å². The Morgan fingerprint density at radius 2 is 1.82 bits per heavy atom. The largest absolute Gasteiger partial charge is 0.506 e. The number of aliphatic hydroxyl groups excluding tert-OH is 1. The van der Waals surface area contributed by atoms with Crippen LogP contribution in [0.2, 0.25) is 5.02 Å². The molecule has 2 fully saturated rings. The third-order valence-corrected chi connectivity index (χ3v) is 10.8. The number of ether oxygens (including phenoxy) is 3. The van der Waals surface area contributed by atoms with Crippen LogP contribution < -0.4 is 20.7 Å². The van der Waals surface area contributed by atoms with Crippen LogP contribution in [0.15, 0.2) is 103 Å². The van der Waals surface area contributed by atoms with E-state index in [0.717, 1.165) is 54.7 Å². The number of hydrogen-bond acceptors (Lipinski definition) is 10. The summed E-state index contributed by atoms with van der Waals surface area (Å²) in [6, 6.07) is 25.3. The number of amides is 1. The van der Waals surface area contributed by atoms with Gasteiger partial charge >= 0.3 is 12.1 Å². The summed E-state index contributed by atoms with van der Waals surface area (Å²) >= 11 is 6.52. The maximum absolute atomic E-state index is 13.1. The molecule has 292 valence electrons. The van der Waals surface area contributed by atoms with Gasteiger partial charge in [-0.05, 0) is 91.0 Å². The number of carbonyl (C=O) groups is 2. The van der Waals surface area contributed by atoms with E-state index in [1.807, 2.05) is 60.7 Å². The molecule has 4 aromatic rings. The quantitative estimate of drug-likeness (QED) is 0.0445. The lowest BCUT2D eigenvalue weighted by atomic mass is 9.97. The standard InChI is InChI=1S/C44H47ClN4O7/c1-28-12-14-35-34(16-17-38(50)42(35)47-28)39(51)24-46-19-5-6-21-54-43(52)36-15-13-29(22-37(36)45)27-55-33-11-7-10-31(23-33)41(30-8-3-2-4-9-30)48-44(53)56-40-26-49-20-18-32(40)25-49/h2-4,7-17,22-23,32,39-41,46-47,50-51H,1,5-6,18-21,24-27H2,(H,48,53)/t32?,39?,40-,41?/m0/s1. The number of nitrogens with one attached hydrogen (secondary N) is 3. The van der Waals surface area contributed by atoms with Crippen molar-refractivity contribution < 1.29 is 34.0 Å². The SMILES string of the molecule is C=C1C=Cc2c(C(O)CNCCCCOC(=O)c3ccc(COc4cccc(C(NC(=O)O[C@H]5CN6CCC5C6)c5ccccc5)c4)cc3Cl)ccc(O)c2N1. The minimum Gasteiger partial charge on any atom is -0.506 e. The molecule has 5 N–H and O–H groups in total. The van der Waals surface area contributed by atoms with Crippen molar-refractivity contribution in [1.29, 1.82) is 0 Å². The number of aromatic hydroxyl groups is 1. The van der Waals surface area contributed by atoms with Crippen LogP contribution in [0.5, 0.6) is 11.5 Å². The van der Waals surface area contributed by atoms with Gasteiger partial charge in [0.25, 0.3) is 0 Å². The normalized spacial score (nSPS) is 19.1. The summed E-state index contributed by atoms with van der Waals surface area (Å²) in [6.07, 6.45) is 4.75. The number of esters is 1. The second-order valence-electron chi connectivity index (χ2n) is 14.4. The van der Waals surface area contributed by atoms with E-state index in [4.69, 9.17) is 25.8 Å². The van der Waals surface area contributed by atoms with Crippen molar-refractivity contribution in [3.05, 3.63) is 142 Å². The van der Waals surface area contributed by atoms with Crippen LogP contribution in [0.3, 0.4) is 0 Å². The number of benzene rings is 4. The van der Waals surface area contributed by atoms with Crippen molar-refractivity contribution in [2.45, 2.75) is 44.1 Å². The van der Waals surface area contributed by atoms with E-state index < -0.39 is 24.2 Å². The Bertz CT molecular complexity index is 2080. The highest BCUT2D eigenvalue weighted by Gasteiger charge is 2.40. The average Bonchev–Trinajstić information content (AvgIpc) is 3.83. The number of halogens is 1. The van der Waals surface area contributed by atoms with Crippen molar-refractivity contribution in [3.63, 3.8) is 0 Å². The number of rotatable bonds is 16. The monoisotopic (exact) mass is 778 g/mol. The first-order valence-electron chi connectivity index (χ1n) is 19.0. The molecule has 56 heavy (non-hydrogen) atoms. The Morgan fingerprint density at radius 1 is 0.982 bits per heavy atom. The molecule has 4 unspecified atom stereocenters. The van der Waals surface area contributed by atoms with Crippen molar-refractivity contribution in [3.8, 4) is 11.5 Å². The topological polar surface area (TPSA) is 142 Å². The van der Waals surface area contributed by atoms with E-state index in [9.17, 15) is 19.8 Å². The van der Waals surface area contributed by atoms with E-state index in [0.29, 0.717) is 48.1 Å². The number of hydrogen-bond donors (Lipinski definition) is 5. The zero-order valence-electron chi connectivity index (χ0n) is 31.1. The molecular formula is C44H47ClN4O7. The Morgan fingerprint density at radius 3 is 2.61 bits per heavy atom. The van der Waals surface area contributed by atoms with Crippen LogP contribution in [0.25, 0.3) is 6.08 Å². The van der Waals surface area contributed by atoms with E-state index in [1.54, 1.807) is 36.4 Å². The first-order chi connectivity index (χ1) is 27.2. The third kappa shape index (κ3) is 9.54. The summed E-state index contributed by atoms with van der Waals surface area (Å²) in [4.78, 5) is 28.3. The molecule has 2 bridgehead atoms. The minimum absolute atomic E-state index is 0.0848. The van der Waals surface area contributed by atoms with Crippen molar-refractivity contribution in [2.24, 2.45) is 5.92 Å². The molecule has 0 aromatic heterocycles. The molecule has 12 heteroatoms. The number of phenols is 1. The van der Waals surface area contributed by atoms with Gasteiger partial charge in [-0.25, -0.2) is 9.59 Å². The summed E-state index contributed by atoms with van der Waals surface area (Å²) in [7, 11) is 0. The second-order valence-corrected chi connectivity index (χ2v) is 14.8. The third-order valence-electron chi connectivity index (χ3n) is 10.4. The first kappa shape index (κ1) is 38.9. The molecule has 3 heterocycles. The van der Waals surface area contributed by atoms with Crippen LogP contribution in [-0.4, -0.2) is 72.6 Å². The van der Waals surface area contributed by atoms with Gasteiger partial charge < -0.3 is 40.4 Å². The molecule has 0 radical (unpaired) electrons. The number of aliphatic hydroxyl groups is 1. The molecule has 0 aliphatic carbocycles. The van der Waals surface area contributed by atoms with Crippen LogP contribution in [0.4, 0.5) is 10.5 Å². The number of phenolic OH excluding ortho intramolecular Hbond substituents is 1. The molecule has 1 amide bonds. The lowest BCUT2D eigenvalue weighted by molar-refractivity contribution is 0.0498. The lowest BCUT2D eigenvalue weighted by Crippen LogP contribution is -2.37.